The van der Waals surface area contributed by atoms with Gasteiger partial charge in [-0.15, -0.1) is 0 Å². The molecule has 0 saturated heterocycles. The smallest absolute Gasteiger partial charge is 0.303 e. The van der Waals surface area contributed by atoms with Crippen LogP contribution in [0.1, 0.15) is 17.5 Å². The van der Waals surface area contributed by atoms with Crippen LogP contribution < -0.4 is 4.74 Å². The van der Waals surface area contributed by atoms with Gasteiger partial charge in [-0.3, -0.25) is 4.79 Å². The van der Waals surface area contributed by atoms with E-state index in [-0.39, 0.29) is 6.42 Å². The molecule has 0 aliphatic heterocycles. The summed E-state index contributed by atoms with van der Waals surface area (Å²) in [6, 6.07) is 3.82. The first kappa shape index (κ1) is 12.0. The van der Waals surface area contributed by atoms with Crippen LogP contribution in [-0.2, 0) is 11.2 Å². The maximum absolute atomic E-state index is 10.5. The van der Waals surface area contributed by atoms with Crippen molar-refractivity contribution < 1.29 is 14.6 Å². The second-order valence-electron chi connectivity index (χ2n) is 3.31. The number of benzene rings is 1. The fraction of sp³-hybridized carbons (Fsp3) is 0.364. The van der Waals surface area contributed by atoms with Crippen LogP contribution in [0.15, 0.2) is 16.6 Å². The Morgan fingerprint density at radius 3 is 2.73 bits per heavy atom. The molecule has 1 aromatic rings. The molecule has 1 aromatic carbocycles. The minimum Gasteiger partial charge on any atom is -0.496 e. The third-order valence-corrected chi connectivity index (χ3v) is 2.84. The molecule has 0 heterocycles. The Balaban J connectivity index is 2.90. The lowest BCUT2D eigenvalue weighted by Gasteiger charge is -2.09. The van der Waals surface area contributed by atoms with E-state index >= 15 is 0 Å². The van der Waals surface area contributed by atoms with E-state index in [2.05, 4.69) is 15.9 Å². The topological polar surface area (TPSA) is 46.5 Å². The van der Waals surface area contributed by atoms with Gasteiger partial charge in [0.1, 0.15) is 5.75 Å². The van der Waals surface area contributed by atoms with Crippen molar-refractivity contribution in [3.05, 3.63) is 27.7 Å². The summed E-state index contributed by atoms with van der Waals surface area (Å²) in [5.74, 6) is -0.00656. The number of carboxylic acids is 1. The minimum atomic E-state index is -0.777. The molecule has 0 fully saturated rings. The molecule has 1 N–H and O–H groups in total. The first-order chi connectivity index (χ1) is 7.04. The van der Waals surface area contributed by atoms with Crippen LogP contribution in [0.2, 0.25) is 0 Å². The summed E-state index contributed by atoms with van der Waals surface area (Å²) in [5, 5.41) is 8.60. The molecule has 0 spiro atoms. The van der Waals surface area contributed by atoms with Gasteiger partial charge in [0.2, 0.25) is 0 Å². The monoisotopic (exact) mass is 272 g/mol. The van der Waals surface area contributed by atoms with Crippen molar-refractivity contribution in [2.24, 2.45) is 0 Å². The average molecular weight is 273 g/mol. The summed E-state index contributed by atoms with van der Waals surface area (Å²) in [5.41, 5.74) is 2.08. The number of hydrogen-bond acceptors (Lipinski definition) is 2. The number of carbonyl (C=O) groups is 1. The van der Waals surface area contributed by atoms with Crippen LogP contribution in [0.4, 0.5) is 0 Å². The van der Waals surface area contributed by atoms with E-state index < -0.39 is 5.97 Å². The third-order valence-electron chi connectivity index (χ3n) is 2.22. The average Bonchev–Trinajstić information content (AvgIpc) is 2.18. The van der Waals surface area contributed by atoms with Gasteiger partial charge < -0.3 is 9.84 Å². The number of ether oxygens (including phenoxy) is 1. The van der Waals surface area contributed by atoms with Gasteiger partial charge in [0, 0.05) is 6.42 Å². The number of hydrogen-bond donors (Lipinski definition) is 1. The highest BCUT2D eigenvalue weighted by molar-refractivity contribution is 9.10. The fourth-order valence-electron chi connectivity index (χ4n) is 1.36. The number of halogens is 1. The molecule has 0 aliphatic carbocycles. The van der Waals surface area contributed by atoms with Crippen molar-refractivity contribution in [2.75, 3.05) is 7.11 Å². The van der Waals surface area contributed by atoms with Gasteiger partial charge in [0.25, 0.3) is 0 Å². The van der Waals surface area contributed by atoms with Gasteiger partial charge in [0.05, 0.1) is 11.6 Å². The number of methoxy groups -OCH3 is 1. The van der Waals surface area contributed by atoms with E-state index in [1.807, 2.05) is 19.1 Å². The second-order valence-corrected chi connectivity index (χ2v) is 4.16. The zero-order valence-electron chi connectivity index (χ0n) is 8.71. The predicted octanol–water partition coefficient (Wildman–Crippen LogP) is 2.78. The van der Waals surface area contributed by atoms with Crippen molar-refractivity contribution in [3.63, 3.8) is 0 Å². The van der Waals surface area contributed by atoms with Crippen molar-refractivity contribution >= 4 is 21.9 Å². The van der Waals surface area contributed by atoms with Crippen LogP contribution in [0, 0.1) is 6.92 Å². The predicted molar refractivity (Wildman–Crippen MR) is 61.4 cm³/mol. The molecule has 0 atom stereocenters. The molecule has 3 nitrogen and oxygen atoms in total. The normalized spacial score (nSPS) is 10.1. The highest BCUT2D eigenvalue weighted by Gasteiger charge is 2.07. The van der Waals surface area contributed by atoms with Crippen LogP contribution in [0.3, 0.4) is 0 Å². The standard InChI is InChI=1S/C11H13BrO3/c1-7-5-10(15-2)9(12)6-8(7)3-4-11(13)14/h5-6H,3-4H2,1-2H3,(H,13,14). The van der Waals surface area contributed by atoms with Crippen molar-refractivity contribution in [3.8, 4) is 5.75 Å². The van der Waals surface area contributed by atoms with Crippen LogP contribution >= 0.6 is 15.9 Å². The summed E-state index contributed by atoms with van der Waals surface area (Å²) in [4.78, 5) is 10.5. The van der Waals surface area contributed by atoms with Crippen molar-refractivity contribution in [1.82, 2.24) is 0 Å². The summed E-state index contributed by atoms with van der Waals surface area (Å²) in [6.07, 6.45) is 0.698. The molecule has 0 aliphatic rings. The molecule has 4 heteroatoms. The fourth-order valence-corrected chi connectivity index (χ4v) is 1.92. The number of rotatable bonds is 4. The van der Waals surface area contributed by atoms with E-state index in [0.29, 0.717) is 6.42 Å². The molecule has 1 rings (SSSR count). The number of carboxylic acid groups (broad SMARTS) is 1. The maximum Gasteiger partial charge on any atom is 0.303 e. The number of aliphatic carboxylic acids is 1. The van der Waals surface area contributed by atoms with Gasteiger partial charge in [-0.1, -0.05) is 0 Å². The van der Waals surface area contributed by atoms with Crippen LogP contribution in [0.5, 0.6) is 5.75 Å². The first-order valence-corrected chi connectivity index (χ1v) is 5.38. The van der Waals surface area contributed by atoms with Crippen LogP contribution in [0.25, 0.3) is 0 Å². The molecule has 0 saturated carbocycles. The maximum atomic E-state index is 10.5. The van der Waals surface area contributed by atoms with Crippen LogP contribution in [-0.4, -0.2) is 18.2 Å². The van der Waals surface area contributed by atoms with Gasteiger partial charge in [-0.05, 0) is 52.5 Å². The largest absolute Gasteiger partial charge is 0.496 e. The van der Waals surface area contributed by atoms with E-state index in [1.165, 1.54) is 0 Å². The lowest BCUT2D eigenvalue weighted by atomic mass is 10.0. The summed E-state index contributed by atoms with van der Waals surface area (Å²) < 4.78 is 6.00. The Labute approximate surface area is 97.2 Å². The lowest BCUT2D eigenvalue weighted by Crippen LogP contribution is -1.99. The highest BCUT2D eigenvalue weighted by atomic mass is 79.9. The van der Waals surface area contributed by atoms with Crippen molar-refractivity contribution in [2.45, 2.75) is 19.8 Å². The van der Waals surface area contributed by atoms with E-state index in [9.17, 15) is 4.79 Å². The summed E-state index contributed by atoms with van der Waals surface area (Å²) >= 11 is 3.38. The Morgan fingerprint density at radius 1 is 1.53 bits per heavy atom. The van der Waals surface area contributed by atoms with E-state index in [1.54, 1.807) is 7.11 Å². The molecular weight excluding hydrogens is 260 g/mol. The Kier molecular flexibility index (Phi) is 4.15. The Hall–Kier alpha value is -1.03. The van der Waals surface area contributed by atoms with Gasteiger partial charge in [-0.25, -0.2) is 0 Å². The molecule has 0 amide bonds. The quantitative estimate of drug-likeness (QED) is 0.917. The van der Waals surface area contributed by atoms with E-state index in [0.717, 1.165) is 21.3 Å². The zero-order valence-corrected chi connectivity index (χ0v) is 10.3. The molecule has 15 heavy (non-hydrogen) atoms. The zero-order chi connectivity index (χ0) is 11.4. The summed E-state index contributed by atoms with van der Waals surface area (Å²) in [6.45, 7) is 1.95. The molecule has 0 radical (unpaired) electrons. The van der Waals surface area contributed by atoms with E-state index in [4.69, 9.17) is 9.84 Å². The van der Waals surface area contributed by atoms with Gasteiger partial charge >= 0.3 is 5.97 Å². The molecule has 0 bridgehead atoms. The summed E-state index contributed by atoms with van der Waals surface area (Å²) in [7, 11) is 1.61. The second kappa shape index (κ2) is 5.16. The Bertz CT molecular complexity index is 374. The minimum absolute atomic E-state index is 0.152. The third kappa shape index (κ3) is 3.23. The highest BCUT2D eigenvalue weighted by Crippen LogP contribution is 2.28. The lowest BCUT2D eigenvalue weighted by molar-refractivity contribution is -0.136. The first-order valence-electron chi connectivity index (χ1n) is 4.59. The molecule has 0 aromatic heterocycles. The van der Waals surface area contributed by atoms with Gasteiger partial charge in [0.15, 0.2) is 0 Å². The molecular formula is C11H13BrO3. The Morgan fingerprint density at radius 2 is 2.20 bits per heavy atom. The SMILES string of the molecule is COc1cc(C)c(CCC(=O)O)cc1Br. The van der Waals surface area contributed by atoms with Crippen molar-refractivity contribution in [1.29, 1.82) is 0 Å². The number of aryl methyl sites for hydroxylation is 2. The molecule has 82 valence electrons. The molecule has 0 unspecified atom stereocenters. The van der Waals surface area contributed by atoms with Gasteiger partial charge in [-0.2, -0.15) is 0 Å².